The topological polar surface area (TPSA) is 72.5 Å². The van der Waals surface area contributed by atoms with Crippen molar-refractivity contribution in [3.63, 3.8) is 0 Å². The molecular weight excluding hydrogens is 196 g/mol. The molecule has 5 heteroatoms. The van der Waals surface area contributed by atoms with Crippen molar-refractivity contribution in [1.29, 1.82) is 0 Å². The van der Waals surface area contributed by atoms with Crippen molar-refractivity contribution >= 4 is 17.7 Å². The summed E-state index contributed by atoms with van der Waals surface area (Å²) < 4.78 is 0. The Kier molecular flexibility index (Phi) is 3.28. The molecule has 0 unspecified atom stereocenters. The van der Waals surface area contributed by atoms with Crippen molar-refractivity contribution in [3.8, 4) is 0 Å². The maximum absolute atomic E-state index is 11.2. The molecule has 0 fully saturated rings. The molecule has 0 atom stereocenters. The molecule has 0 aromatic heterocycles. The lowest BCUT2D eigenvalue weighted by atomic mass is 10.2. The van der Waals surface area contributed by atoms with Crippen LogP contribution in [0.1, 0.15) is 10.4 Å². The smallest absolute Gasteiger partial charge is 0.321 e. The number of nitrogens with zero attached hydrogens (tertiary/aromatic N) is 1. The molecule has 1 aromatic rings. The minimum atomic E-state index is -1.24. The number of benzene rings is 1. The molecule has 0 radical (unpaired) electrons. The summed E-state index contributed by atoms with van der Waals surface area (Å²) in [6.45, 7) is 0. The molecule has 0 saturated heterocycles. The van der Waals surface area contributed by atoms with E-state index in [0.29, 0.717) is 5.69 Å². The first-order valence-electron chi connectivity index (χ1n) is 4.30. The van der Waals surface area contributed by atoms with Crippen LogP contribution >= 0.6 is 0 Å². The van der Waals surface area contributed by atoms with Crippen LogP contribution in [0.3, 0.4) is 0 Å². The van der Waals surface area contributed by atoms with Gasteiger partial charge in [0.25, 0.3) is 0 Å². The number of anilines is 1. The average molecular weight is 207 g/mol. The number of hydrogen-bond donors (Lipinski definition) is 1. The number of carbonyl (C=O) groups is 2. The van der Waals surface area contributed by atoms with Gasteiger partial charge in [-0.15, -0.1) is 0 Å². The van der Waals surface area contributed by atoms with Crippen molar-refractivity contribution in [1.82, 2.24) is 4.90 Å². The molecule has 15 heavy (non-hydrogen) atoms. The molecule has 0 aliphatic carbocycles. The number of hydrogen-bond acceptors (Lipinski definition) is 3. The Morgan fingerprint density at radius 3 is 2.13 bits per heavy atom. The van der Waals surface area contributed by atoms with Crippen molar-refractivity contribution in [2.45, 2.75) is 0 Å². The van der Waals surface area contributed by atoms with E-state index in [2.05, 4.69) is 5.32 Å². The van der Waals surface area contributed by atoms with Crippen molar-refractivity contribution in [2.24, 2.45) is 0 Å². The van der Waals surface area contributed by atoms with E-state index in [1.807, 2.05) is 0 Å². The number of carboxylic acids is 1. The molecule has 0 saturated carbocycles. The lowest BCUT2D eigenvalue weighted by molar-refractivity contribution is -0.255. The zero-order valence-electron chi connectivity index (χ0n) is 8.48. The summed E-state index contributed by atoms with van der Waals surface area (Å²) in [6, 6.07) is 5.50. The summed E-state index contributed by atoms with van der Waals surface area (Å²) in [4.78, 5) is 23.0. The summed E-state index contributed by atoms with van der Waals surface area (Å²) in [5.41, 5.74) is 0.622. The number of carboxylic acid groups (broad SMARTS) is 1. The predicted octanol–water partition coefficient (Wildman–Crippen LogP) is 0.144. The molecule has 80 valence electrons. The van der Waals surface area contributed by atoms with Crippen LogP contribution in [0.2, 0.25) is 0 Å². The fourth-order valence-electron chi connectivity index (χ4n) is 0.925. The van der Waals surface area contributed by atoms with Gasteiger partial charge in [-0.05, 0) is 17.7 Å². The fraction of sp³-hybridized carbons (Fsp3) is 0.200. The van der Waals surface area contributed by atoms with Gasteiger partial charge in [0.15, 0.2) is 0 Å². The highest BCUT2D eigenvalue weighted by atomic mass is 16.4. The molecule has 0 spiro atoms. The summed E-state index contributed by atoms with van der Waals surface area (Å²) in [5.74, 6) is -1.24. The van der Waals surface area contributed by atoms with Gasteiger partial charge in [0.1, 0.15) is 0 Å². The number of nitrogens with one attached hydrogen (secondary N) is 1. The standard InChI is InChI=1S/C10H12N2O3/c1-12(2)10(15)11-8-5-3-7(4-6-8)9(13)14/h3-6H,1-2H3,(H,11,15)(H,13,14)/p-1. The van der Waals surface area contributed by atoms with Gasteiger partial charge in [0, 0.05) is 19.8 Å². The van der Waals surface area contributed by atoms with Crippen LogP contribution in [-0.2, 0) is 0 Å². The third kappa shape index (κ3) is 2.98. The highest BCUT2D eigenvalue weighted by Gasteiger charge is 2.03. The number of amides is 2. The Labute approximate surface area is 87.3 Å². The first-order chi connectivity index (χ1) is 7.00. The number of rotatable bonds is 2. The molecule has 2 amide bonds. The van der Waals surface area contributed by atoms with Gasteiger partial charge in [-0.3, -0.25) is 0 Å². The van der Waals surface area contributed by atoms with E-state index in [4.69, 9.17) is 0 Å². The number of carbonyl (C=O) groups excluding carboxylic acids is 2. The predicted molar refractivity (Wildman–Crippen MR) is 53.5 cm³/mol. The molecule has 0 aliphatic heterocycles. The van der Waals surface area contributed by atoms with Crippen LogP contribution < -0.4 is 10.4 Å². The normalized spacial score (nSPS) is 9.47. The van der Waals surface area contributed by atoms with Crippen LogP contribution in [0.15, 0.2) is 24.3 Å². The van der Waals surface area contributed by atoms with Crippen LogP contribution in [0.5, 0.6) is 0 Å². The average Bonchev–Trinajstić information content (AvgIpc) is 2.18. The monoisotopic (exact) mass is 207 g/mol. The highest BCUT2D eigenvalue weighted by Crippen LogP contribution is 2.09. The van der Waals surface area contributed by atoms with E-state index < -0.39 is 5.97 Å². The van der Waals surface area contributed by atoms with Gasteiger partial charge in [-0.25, -0.2) is 4.79 Å². The highest BCUT2D eigenvalue weighted by molar-refractivity contribution is 5.90. The van der Waals surface area contributed by atoms with Crippen LogP contribution in [0.25, 0.3) is 0 Å². The summed E-state index contributed by atoms with van der Waals surface area (Å²) in [7, 11) is 3.23. The van der Waals surface area contributed by atoms with Crippen molar-refractivity contribution < 1.29 is 14.7 Å². The van der Waals surface area contributed by atoms with Gasteiger partial charge in [-0.2, -0.15) is 0 Å². The van der Waals surface area contributed by atoms with Crippen molar-refractivity contribution in [3.05, 3.63) is 29.8 Å². The van der Waals surface area contributed by atoms with Gasteiger partial charge >= 0.3 is 6.03 Å². The number of aromatic carboxylic acids is 1. The Morgan fingerprint density at radius 2 is 1.73 bits per heavy atom. The lowest BCUT2D eigenvalue weighted by Crippen LogP contribution is -2.27. The maximum atomic E-state index is 11.2. The van der Waals surface area contributed by atoms with Gasteiger partial charge < -0.3 is 20.1 Å². The number of urea groups is 1. The zero-order valence-corrected chi connectivity index (χ0v) is 8.48. The third-order valence-corrected chi connectivity index (χ3v) is 1.78. The maximum Gasteiger partial charge on any atom is 0.321 e. The van der Waals surface area contributed by atoms with E-state index in [0.717, 1.165) is 0 Å². The molecule has 0 aliphatic rings. The van der Waals surface area contributed by atoms with Gasteiger partial charge in [-0.1, -0.05) is 12.1 Å². The molecule has 1 rings (SSSR count). The summed E-state index contributed by atoms with van der Waals surface area (Å²) in [6.07, 6.45) is 0. The fourth-order valence-corrected chi connectivity index (χ4v) is 0.925. The summed E-state index contributed by atoms with van der Waals surface area (Å²) >= 11 is 0. The van der Waals surface area contributed by atoms with Crippen molar-refractivity contribution in [2.75, 3.05) is 19.4 Å². The second-order valence-corrected chi connectivity index (χ2v) is 3.19. The Hall–Kier alpha value is -2.04. The minimum Gasteiger partial charge on any atom is -0.545 e. The zero-order chi connectivity index (χ0) is 11.4. The SMILES string of the molecule is CN(C)C(=O)Nc1ccc(C(=O)[O-])cc1. The van der Waals surface area contributed by atoms with Gasteiger partial charge in [0.05, 0.1) is 5.97 Å². The van der Waals surface area contributed by atoms with E-state index in [-0.39, 0.29) is 11.6 Å². The summed E-state index contributed by atoms with van der Waals surface area (Å²) in [5, 5.41) is 13.0. The Morgan fingerprint density at radius 1 is 1.20 bits per heavy atom. The van der Waals surface area contributed by atoms with Crippen LogP contribution in [0.4, 0.5) is 10.5 Å². The second-order valence-electron chi connectivity index (χ2n) is 3.19. The first-order valence-corrected chi connectivity index (χ1v) is 4.30. The molecule has 0 heterocycles. The first kappa shape index (κ1) is 11.0. The quantitative estimate of drug-likeness (QED) is 0.749. The molecule has 1 aromatic carbocycles. The Bertz CT molecular complexity index is 371. The minimum absolute atomic E-state index is 0.0813. The Balaban J connectivity index is 2.73. The molecular formula is C10H11N2O3-. The molecule has 1 N–H and O–H groups in total. The van der Waals surface area contributed by atoms with E-state index in [9.17, 15) is 14.7 Å². The largest absolute Gasteiger partial charge is 0.545 e. The third-order valence-electron chi connectivity index (χ3n) is 1.78. The molecule has 0 bridgehead atoms. The van der Waals surface area contributed by atoms with E-state index in [1.165, 1.54) is 29.2 Å². The molecule has 5 nitrogen and oxygen atoms in total. The van der Waals surface area contributed by atoms with E-state index >= 15 is 0 Å². The van der Waals surface area contributed by atoms with E-state index in [1.54, 1.807) is 14.1 Å². The lowest BCUT2D eigenvalue weighted by Gasteiger charge is -2.12. The van der Waals surface area contributed by atoms with Gasteiger partial charge in [0.2, 0.25) is 0 Å². The second kappa shape index (κ2) is 4.45. The van der Waals surface area contributed by atoms with Crippen LogP contribution in [-0.4, -0.2) is 31.0 Å². The van der Waals surface area contributed by atoms with Crippen LogP contribution in [0, 0.1) is 0 Å².